The molecule has 1 aromatic heterocycles. The lowest BCUT2D eigenvalue weighted by Crippen LogP contribution is -2.12. The highest BCUT2D eigenvalue weighted by Gasteiger charge is 2.14. The Morgan fingerprint density at radius 2 is 1.88 bits per heavy atom. The maximum atomic E-state index is 5.89. The van der Waals surface area contributed by atoms with E-state index in [1.807, 2.05) is 23.5 Å². The van der Waals surface area contributed by atoms with Crippen LogP contribution in [0, 0.1) is 6.92 Å². The van der Waals surface area contributed by atoms with Gasteiger partial charge >= 0.3 is 0 Å². The molecule has 1 aromatic carbocycles. The Kier molecular flexibility index (Phi) is 3.82. The van der Waals surface area contributed by atoms with Crippen LogP contribution < -0.4 is 10.5 Å². The Bertz CT molecular complexity index is 475. The average molecular weight is 247 g/mol. The predicted octanol–water partition coefficient (Wildman–Crippen LogP) is 3.16. The van der Waals surface area contributed by atoms with Gasteiger partial charge in [-0.3, -0.25) is 0 Å². The van der Waals surface area contributed by atoms with Crippen molar-refractivity contribution >= 4 is 11.3 Å². The summed E-state index contributed by atoms with van der Waals surface area (Å²) < 4.78 is 5.16. The van der Waals surface area contributed by atoms with Crippen LogP contribution in [0.15, 0.2) is 36.4 Å². The second-order valence-corrected chi connectivity index (χ2v) is 5.33. The van der Waals surface area contributed by atoms with E-state index in [1.54, 1.807) is 7.11 Å². The summed E-state index contributed by atoms with van der Waals surface area (Å²) in [6, 6.07) is 12.5. The molecule has 0 aliphatic heterocycles. The molecule has 3 heteroatoms. The summed E-state index contributed by atoms with van der Waals surface area (Å²) in [5.74, 6) is 1.17. The third-order valence-electron chi connectivity index (χ3n) is 2.86. The number of hydrogen-bond acceptors (Lipinski definition) is 3. The number of aryl methyl sites for hydroxylation is 1. The first-order valence-electron chi connectivity index (χ1n) is 5.65. The van der Waals surface area contributed by atoms with Crippen molar-refractivity contribution in [1.29, 1.82) is 0 Å². The predicted molar refractivity (Wildman–Crippen MR) is 72.9 cm³/mol. The second kappa shape index (κ2) is 5.34. The summed E-state index contributed by atoms with van der Waals surface area (Å²) >= 11 is 1.81. The minimum atomic E-state index is 0.291. The minimum absolute atomic E-state index is 0.291. The maximum absolute atomic E-state index is 5.89. The molecule has 0 saturated carbocycles. The number of ether oxygens (including phenoxy) is 1. The van der Waals surface area contributed by atoms with Crippen molar-refractivity contribution in [3.05, 3.63) is 51.7 Å². The maximum Gasteiger partial charge on any atom is 0.118 e. The Hall–Kier alpha value is -1.32. The number of methoxy groups -OCH3 is 1. The lowest BCUT2D eigenvalue weighted by atomic mass is 9.97. The number of nitrogens with two attached hydrogens (primary N) is 1. The molecule has 0 radical (unpaired) electrons. The number of rotatable bonds is 4. The Morgan fingerprint density at radius 3 is 2.35 bits per heavy atom. The first kappa shape index (κ1) is 12.1. The molecule has 0 fully saturated rings. The van der Waals surface area contributed by atoms with Gasteiger partial charge in [-0.25, -0.2) is 0 Å². The highest BCUT2D eigenvalue weighted by Crippen LogP contribution is 2.30. The van der Waals surface area contributed by atoms with E-state index in [0.29, 0.717) is 12.5 Å². The van der Waals surface area contributed by atoms with Crippen LogP contribution in [0.25, 0.3) is 0 Å². The molecule has 0 bridgehead atoms. The van der Waals surface area contributed by atoms with Gasteiger partial charge in [0.15, 0.2) is 0 Å². The fourth-order valence-electron chi connectivity index (χ4n) is 1.89. The molecule has 0 spiro atoms. The topological polar surface area (TPSA) is 35.2 Å². The zero-order chi connectivity index (χ0) is 12.3. The molecule has 0 saturated heterocycles. The Labute approximate surface area is 106 Å². The van der Waals surface area contributed by atoms with Crippen LogP contribution in [0.4, 0.5) is 0 Å². The van der Waals surface area contributed by atoms with Crippen molar-refractivity contribution < 1.29 is 4.74 Å². The summed E-state index contributed by atoms with van der Waals surface area (Å²) in [6.45, 7) is 2.75. The Balaban J connectivity index is 2.28. The average Bonchev–Trinajstić information content (AvgIpc) is 2.78. The van der Waals surface area contributed by atoms with E-state index >= 15 is 0 Å². The van der Waals surface area contributed by atoms with E-state index in [2.05, 4.69) is 31.2 Å². The summed E-state index contributed by atoms with van der Waals surface area (Å²) in [6.07, 6.45) is 0. The van der Waals surface area contributed by atoms with Gasteiger partial charge in [-0.05, 0) is 36.8 Å². The normalized spacial score (nSPS) is 12.4. The van der Waals surface area contributed by atoms with Crippen molar-refractivity contribution in [2.75, 3.05) is 13.7 Å². The molecular formula is C14H17NOS. The summed E-state index contributed by atoms with van der Waals surface area (Å²) in [4.78, 5) is 2.65. The van der Waals surface area contributed by atoms with Crippen LogP contribution in [-0.2, 0) is 0 Å². The van der Waals surface area contributed by atoms with Crippen LogP contribution in [0.3, 0.4) is 0 Å². The highest BCUT2D eigenvalue weighted by atomic mass is 32.1. The lowest BCUT2D eigenvalue weighted by Gasteiger charge is -2.13. The van der Waals surface area contributed by atoms with Gasteiger partial charge in [0, 0.05) is 22.2 Å². The van der Waals surface area contributed by atoms with Gasteiger partial charge < -0.3 is 10.5 Å². The standard InChI is InChI=1S/C14H17NOS/c1-10-3-8-14(17-10)13(9-15)11-4-6-12(16-2)7-5-11/h3-8,13H,9,15H2,1-2H3. The first-order valence-corrected chi connectivity index (χ1v) is 6.46. The fraction of sp³-hybridized carbons (Fsp3) is 0.286. The van der Waals surface area contributed by atoms with Gasteiger partial charge in [-0.15, -0.1) is 11.3 Å². The van der Waals surface area contributed by atoms with Gasteiger partial charge in [-0.1, -0.05) is 12.1 Å². The highest BCUT2D eigenvalue weighted by molar-refractivity contribution is 7.12. The van der Waals surface area contributed by atoms with Crippen LogP contribution in [0.2, 0.25) is 0 Å². The number of hydrogen-bond donors (Lipinski definition) is 1. The molecule has 2 rings (SSSR count). The van der Waals surface area contributed by atoms with Crippen molar-refractivity contribution in [3.8, 4) is 5.75 Å². The largest absolute Gasteiger partial charge is 0.497 e. The monoisotopic (exact) mass is 247 g/mol. The van der Waals surface area contributed by atoms with Gasteiger partial charge in [0.05, 0.1) is 7.11 Å². The van der Waals surface area contributed by atoms with Crippen LogP contribution >= 0.6 is 11.3 Å². The fourth-order valence-corrected chi connectivity index (χ4v) is 2.91. The third kappa shape index (κ3) is 2.68. The molecular weight excluding hydrogens is 230 g/mol. The molecule has 90 valence electrons. The SMILES string of the molecule is COc1ccc(C(CN)c2ccc(C)s2)cc1. The molecule has 1 heterocycles. The molecule has 2 nitrogen and oxygen atoms in total. The van der Waals surface area contributed by atoms with Crippen LogP contribution in [0.5, 0.6) is 5.75 Å². The van der Waals surface area contributed by atoms with Gasteiger partial charge in [0.25, 0.3) is 0 Å². The number of thiophene rings is 1. The van der Waals surface area contributed by atoms with Crippen molar-refractivity contribution in [2.45, 2.75) is 12.8 Å². The minimum Gasteiger partial charge on any atom is -0.497 e. The van der Waals surface area contributed by atoms with Crippen molar-refractivity contribution in [1.82, 2.24) is 0 Å². The van der Waals surface area contributed by atoms with Crippen LogP contribution in [0.1, 0.15) is 21.2 Å². The van der Waals surface area contributed by atoms with E-state index in [0.717, 1.165) is 5.75 Å². The quantitative estimate of drug-likeness (QED) is 0.900. The molecule has 1 atom stereocenters. The molecule has 2 N–H and O–H groups in total. The molecule has 1 unspecified atom stereocenters. The summed E-state index contributed by atoms with van der Waals surface area (Å²) in [5.41, 5.74) is 7.14. The van der Waals surface area contributed by atoms with E-state index in [-0.39, 0.29) is 0 Å². The molecule has 17 heavy (non-hydrogen) atoms. The van der Waals surface area contributed by atoms with Gasteiger partial charge in [-0.2, -0.15) is 0 Å². The van der Waals surface area contributed by atoms with Gasteiger partial charge in [0.2, 0.25) is 0 Å². The summed E-state index contributed by atoms with van der Waals surface area (Å²) in [5, 5.41) is 0. The smallest absolute Gasteiger partial charge is 0.118 e. The van der Waals surface area contributed by atoms with E-state index in [9.17, 15) is 0 Å². The second-order valence-electron chi connectivity index (χ2n) is 4.01. The van der Waals surface area contributed by atoms with E-state index in [1.165, 1.54) is 15.3 Å². The third-order valence-corrected chi connectivity index (χ3v) is 3.97. The van der Waals surface area contributed by atoms with Crippen LogP contribution in [-0.4, -0.2) is 13.7 Å². The lowest BCUT2D eigenvalue weighted by molar-refractivity contribution is 0.414. The van der Waals surface area contributed by atoms with Gasteiger partial charge in [0.1, 0.15) is 5.75 Å². The van der Waals surface area contributed by atoms with E-state index < -0.39 is 0 Å². The molecule has 2 aromatic rings. The van der Waals surface area contributed by atoms with Crippen molar-refractivity contribution in [3.63, 3.8) is 0 Å². The zero-order valence-corrected chi connectivity index (χ0v) is 11.0. The Morgan fingerprint density at radius 1 is 1.18 bits per heavy atom. The molecule has 0 aliphatic carbocycles. The first-order chi connectivity index (χ1) is 8.24. The molecule has 0 amide bonds. The van der Waals surface area contributed by atoms with Crippen molar-refractivity contribution in [2.24, 2.45) is 5.73 Å². The molecule has 0 aliphatic rings. The number of benzene rings is 1. The summed E-state index contributed by atoms with van der Waals surface area (Å²) in [7, 11) is 1.68. The zero-order valence-electron chi connectivity index (χ0n) is 10.1. The van der Waals surface area contributed by atoms with E-state index in [4.69, 9.17) is 10.5 Å².